The SMILES string of the molecule is CCS(=O)(=O)N1CCCC2(CCCN2Cc2cccc(Cl)c2)C1. The van der Waals surface area contributed by atoms with Gasteiger partial charge in [-0.1, -0.05) is 23.7 Å². The maximum absolute atomic E-state index is 12.3. The highest BCUT2D eigenvalue weighted by Crippen LogP contribution is 2.39. The van der Waals surface area contributed by atoms with Crippen molar-refractivity contribution in [3.05, 3.63) is 34.9 Å². The minimum atomic E-state index is -3.10. The second-order valence-electron chi connectivity index (χ2n) is 6.72. The molecule has 2 heterocycles. The number of hydrogen-bond donors (Lipinski definition) is 0. The number of piperidine rings is 1. The first-order valence-corrected chi connectivity index (χ1v) is 10.4. The first-order valence-electron chi connectivity index (χ1n) is 8.42. The lowest BCUT2D eigenvalue weighted by molar-refractivity contribution is 0.0680. The van der Waals surface area contributed by atoms with Gasteiger partial charge in [-0.25, -0.2) is 12.7 Å². The smallest absolute Gasteiger partial charge is 0.213 e. The molecule has 1 spiro atoms. The summed E-state index contributed by atoms with van der Waals surface area (Å²) in [6.45, 7) is 4.93. The fourth-order valence-electron chi connectivity index (χ4n) is 4.05. The van der Waals surface area contributed by atoms with E-state index in [0.29, 0.717) is 13.1 Å². The zero-order valence-corrected chi connectivity index (χ0v) is 15.2. The van der Waals surface area contributed by atoms with Crippen LogP contribution in [0.5, 0.6) is 0 Å². The van der Waals surface area contributed by atoms with E-state index in [1.807, 2.05) is 18.2 Å². The Morgan fingerprint density at radius 2 is 1.96 bits per heavy atom. The lowest BCUT2D eigenvalue weighted by atomic mass is 9.87. The summed E-state index contributed by atoms with van der Waals surface area (Å²) in [4.78, 5) is 2.48. The van der Waals surface area contributed by atoms with Gasteiger partial charge in [0, 0.05) is 30.2 Å². The van der Waals surface area contributed by atoms with Crippen molar-refractivity contribution in [2.45, 2.75) is 44.7 Å². The van der Waals surface area contributed by atoms with E-state index in [-0.39, 0.29) is 11.3 Å². The van der Waals surface area contributed by atoms with Crippen LogP contribution in [0.4, 0.5) is 0 Å². The first-order chi connectivity index (χ1) is 11.0. The van der Waals surface area contributed by atoms with Crippen LogP contribution < -0.4 is 0 Å². The Kier molecular flexibility index (Phi) is 5.02. The molecule has 0 bridgehead atoms. The number of nitrogens with zero attached hydrogens (tertiary/aromatic N) is 2. The van der Waals surface area contributed by atoms with Crippen molar-refractivity contribution in [1.29, 1.82) is 0 Å². The van der Waals surface area contributed by atoms with E-state index >= 15 is 0 Å². The first kappa shape index (κ1) is 17.2. The Labute approximate surface area is 144 Å². The lowest BCUT2D eigenvalue weighted by Crippen LogP contribution is -2.56. The van der Waals surface area contributed by atoms with Gasteiger partial charge >= 0.3 is 0 Å². The van der Waals surface area contributed by atoms with Gasteiger partial charge in [0.15, 0.2) is 0 Å². The highest BCUT2D eigenvalue weighted by Gasteiger charge is 2.45. The summed E-state index contributed by atoms with van der Waals surface area (Å²) in [6.07, 6.45) is 4.26. The predicted octanol–water partition coefficient (Wildman–Crippen LogP) is 3.12. The fraction of sp³-hybridized carbons (Fsp3) is 0.647. The fourth-order valence-corrected chi connectivity index (χ4v) is 5.47. The summed E-state index contributed by atoms with van der Waals surface area (Å²) in [6, 6.07) is 7.98. The number of hydrogen-bond acceptors (Lipinski definition) is 3. The van der Waals surface area contributed by atoms with Crippen molar-refractivity contribution in [3.63, 3.8) is 0 Å². The molecule has 23 heavy (non-hydrogen) atoms. The van der Waals surface area contributed by atoms with Gasteiger partial charge in [-0.3, -0.25) is 4.90 Å². The third-order valence-corrected chi connectivity index (χ3v) is 7.35. The number of sulfonamides is 1. The molecule has 0 aliphatic carbocycles. The van der Waals surface area contributed by atoms with E-state index in [4.69, 9.17) is 11.6 Å². The quantitative estimate of drug-likeness (QED) is 0.832. The molecule has 3 rings (SSSR count). The normalized spacial score (nSPS) is 26.9. The average molecular weight is 357 g/mol. The Balaban J connectivity index is 1.79. The van der Waals surface area contributed by atoms with Gasteiger partial charge in [0.2, 0.25) is 10.0 Å². The van der Waals surface area contributed by atoms with E-state index in [1.54, 1.807) is 11.2 Å². The van der Waals surface area contributed by atoms with Gasteiger partial charge < -0.3 is 0 Å². The number of halogens is 1. The second kappa shape index (κ2) is 6.71. The summed E-state index contributed by atoms with van der Waals surface area (Å²) >= 11 is 6.10. The Morgan fingerprint density at radius 1 is 1.22 bits per heavy atom. The molecule has 0 N–H and O–H groups in total. The zero-order valence-electron chi connectivity index (χ0n) is 13.7. The lowest BCUT2D eigenvalue weighted by Gasteiger charge is -2.45. The molecular weight excluding hydrogens is 332 g/mol. The molecule has 0 saturated carbocycles. The number of likely N-dealkylation sites (tertiary alicyclic amines) is 1. The van der Waals surface area contributed by atoms with Crippen LogP contribution >= 0.6 is 11.6 Å². The monoisotopic (exact) mass is 356 g/mol. The molecule has 0 aromatic heterocycles. The molecule has 128 valence electrons. The number of benzene rings is 1. The summed E-state index contributed by atoms with van der Waals surface area (Å²) < 4.78 is 26.3. The molecule has 4 nitrogen and oxygen atoms in total. The van der Waals surface area contributed by atoms with Crippen molar-refractivity contribution in [2.75, 3.05) is 25.4 Å². The molecule has 2 saturated heterocycles. The molecule has 2 aliphatic rings. The van der Waals surface area contributed by atoms with Crippen LogP contribution in [0.1, 0.15) is 38.2 Å². The van der Waals surface area contributed by atoms with Crippen molar-refractivity contribution in [2.24, 2.45) is 0 Å². The molecule has 2 aliphatic heterocycles. The van der Waals surface area contributed by atoms with E-state index in [2.05, 4.69) is 11.0 Å². The van der Waals surface area contributed by atoms with Gasteiger partial charge in [-0.2, -0.15) is 0 Å². The van der Waals surface area contributed by atoms with Crippen molar-refractivity contribution < 1.29 is 8.42 Å². The topological polar surface area (TPSA) is 40.6 Å². The third-order valence-electron chi connectivity index (χ3n) is 5.28. The zero-order chi connectivity index (χ0) is 16.5. The molecule has 2 fully saturated rings. The third kappa shape index (κ3) is 3.58. The van der Waals surface area contributed by atoms with Crippen LogP contribution in [0.3, 0.4) is 0 Å². The number of rotatable bonds is 4. The Morgan fingerprint density at radius 3 is 2.65 bits per heavy atom. The van der Waals surface area contributed by atoms with Gasteiger partial charge in [-0.15, -0.1) is 0 Å². The minimum absolute atomic E-state index is 0.00279. The van der Waals surface area contributed by atoms with Crippen LogP contribution in [0.2, 0.25) is 5.02 Å². The van der Waals surface area contributed by atoms with E-state index < -0.39 is 10.0 Å². The molecular formula is C17H25ClN2O2S. The van der Waals surface area contributed by atoms with Gasteiger partial charge in [0.1, 0.15) is 0 Å². The molecule has 0 amide bonds. The summed E-state index contributed by atoms with van der Waals surface area (Å²) in [5, 5.41) is 0.759. The Hall–Kier alpha value is -0.620. The van der Waals surface area contributed by atoms with Crippen LogP contribution in [0.15, 0.2) is 24.3 Å². The highest BCUT2D eigenvalue weighted by atomic mass is 35.5. The van der Waals surface area contributed by atoms with Crippen molar-refractivity contribution in [3.8, 4) is 0 Å². The molecule has 6 heteroatoms. The van der Waals surface area contributed by atoms with Crippen LogP contribution in [-0.2, 0) is 16.6 Å². The maximum atomic E-state index is 12.3. The molecule has 1 aromatic carbocycles. The predicted molar refractivity (Wildman–Crippen MR) is 94.1 cm³/mol. The van der Waals surface area contributed by atoms with Crippen LogP contribution in [0.25, 0.3) is 0 Å². The maximum Gasteiger partial charge on any atom is 0.213 e. The molecule has 1 aromatic rings. The van der Waals surface area contributed by atoms with E-state index in [0.717, 1.165) is 43.8 Å². The van der Waals surface area contributed by atoms with Crippen LogP contribution in [-0.4, -0.2) is 48.5 Å². The summed E-state index contributed by atoms with van der Waals surface area (Å²) in [5.74, 6) is 0.192. The minimum Gasteiger partial charge on any atom is -0.292 e. The highest BCUT2D eigenvalue weighted by molar-refractivity contribution is 7.89. The second-order valence-corrected chi connectivity index (χ2v) is 9.41. The van der Waals surface area contributed by atoms with E-state index in [1.165, 1.54) is 5.56 Å². The van der Waals surface area contributed by atoms with Crippen LogP contribution in [0, 0.1) is 0 Å². The van der Waals surface area contributed by atoms with Crippen molar-refractivity contribution >= 4 is 21.6 Å². The van der Waals surface area contributed by atoms with Gasteiger partial charge in [-0.05, 0) is 56.8 Å². The van der Waals surface area contributed by atoms with Gasteiger partial charge in [0.05, 0.1) is 5.75 Å². The average Bonchev–Trinajstić information content (AvgIpc) is 2.89. The standard InChI is InChI=1S/C17H25ClN2O2S/c1-2-23(21,22)20-11-5-9-17(14-20)8-4-10-19(17)13-15-6-3-7-16(18)12-15/h3,6-7,12H,2,4-5,8-11,13-14H2,1H3. The summed E-state index contributed by atoms with van der Waals surface area (Å²) in [7, 11) is -3.10. The van der Waals surface area contributed by atoms with Gasteiger partial charge in [0.25, 0.3) is 0 Å². The van der Waals surface area contributed by atoms with Crippen molar-refractivity contribution in [1.82, 2.24) is 9.21 Å². The molecule has 1 unspecified atom stereocenters. The largest absolute Gasteiger partial charge is 0.292 e. The summed E-state index contributed by atoms with van der Waals surface area (Å²) in [5.41, 5.74) is 1.21. The molecule has 0 radical (unpaired) electrons. The molecule has 1 atom stereocenters. The Bertz CT molecular complexity index is 664. The van der Waals surface area contributed by atoms with E-state index in [9.17, 15) is 8.42 Å².